The second-order valence-corrected chi connectivity index (χ2v) is 4.86. The molecule has 0 atom stereocenters. The average Bonchev–Trinajstić information content (AvgIpc) is 2.74. The number of rotatable bonds is 5. The summed E-state index contributed by atoms with van der Waals surface area (Å²) in [4.78, 5) is 0. The highest BCUT2D eigenvalue weighted by atomic mass is 16.5. The molecule has 0 aliphatic heterocycles. The molecule has 0 radical (unpaired) electrons. The lowest BCUT2D eigenvalue weighted by molar-refractivity contribution is 0.0890. The van der Waals surface area contributed by atoms with Gasteiger partial charge in [-0.3, -0.25) is 0 Å². The Bertz CT molecular complexity index is 304. The van der Waals surface area contributed by atoms with Gasteiger partial charge in [0.05, 0.1) is 13.2 Å². The first kappa shape index (κ1) is 11.6. The van der Waals surface area contributed by atoms with Crippen molar-refractivity contribution in [2.45, 2.75) is 37.6 Å². The zero-order valence-electron chi connectivity index (χ0n) is 9.82. The van der Waals surface area contributed by atoms with Crippen LogP contribution in [-0.4, -0.2) is 18.8 Å². The van der Waals surface area contributed by atoms with E-state index in [0.29, 0.717) is 0 Å². The summed E-state index contributed by atoms with van der Waals surface area (Å²) < 4.78 is 5.70. The van der Waals surface area contributed by atoms with E-state index in [4.69, 9.17) is 10.5 Å². The van der Waals surface area contributed by atoms with Crippen molar-refractivity contribution in [1.82, 2.24) is 0 Å². The van der Waals surface area contributed by atoms with Gasteiger partial charge >= 0.3 is 0 Å². The van der Waals surface area contributed by atoms with Crippen LogP contribution in [-0.2, 0) is 11.2 Å². The molecule has 88 valence electrons. The molecule has 2 rings (SSSR count). The van der Waals surface area contributed by atoms with Gasteiger partial charge in [0.25, 0.3) is 0 Å². The molecule has 1 saturated carbocycles. The summed E-state index contributed by atoms with van der Waals surface area (Å²) in [6.07, 6.45) is 5.75. The summed E-state index contributed by atoms with van der Waals surface area (Å²) in [5.74, 6) is 0. The minimum absolute atomic E-state index is 0.0311. The highest BCUT2D eigenvalue weighted by molar-refractivity contribution is 5.14. The highest BCUT2D eigenvalue weighted by Crippen LogP contribution is 2.27. The molecule has 1 aliphatic rings. The molecule has 2 heteroatoms. The Morgan fingerprint density at radius 2 is 1.81 bits per heavy atom. The minimum Gasteiger partial charge on any atom is -0.379 e. The first-order chi connectivity index (χ1) is 7.79. The van der Waals surface area contributed by atoms with E-state index >= 15 is 0 Å². The molecule has 1 aromatic carbocycles. The molecule has 0 saturated heterocycles. The third-order valence-corrected chi connectivity index (χ3v) is 3.37. The Morgan fingerprint density at radius 1 is 1.12 bits per heavy atom. The van der Waals surface area contributed by atoms with Gasteiger partial charge < -0.3 is 10.5 Å². The predicted octanol–water partition coefficient (Wildman–Crippen LogP) is 2.52. The van der Waals surface area contributed by atoms with Crippen molar-refractivity contribution in [2.24, 2.45) is 5.73 Å². The maximum atomic E-state index is 6.21. The van der Waals surface area contributed by atoms with Crippen LogP contribution in [0.4, 0.5) is 0 Å². The van der Waals surface area contributed by atoms with Crippen molar-refractivity contribution >= 4 is 0 Å². The topological polar surface area (TPSA) is 35.2 Å². The summed E-state index contributed by atoms with van der Waals surface area (Å²) in [5.41, 5.74) is 7.52. The maximum Gasteiger partial charge on any atom is 0.0646 e. The third kappa shape index (κ3) is 3.32. The lowest BCUT2D eigenvalue weighted by Gasteiger charge is -2.23. The number of nitrogens with two attached hydrogens (primary N) is 1. The molecule has 0 bridgehead atoms. The van der Waals surface area contributed by atoms with Crippen LogP contribution in [0.1, 0.15) is 31.2 Å². The van der Waals surface area contributed by atoms with E-state index in [1.807, 2.05) is 6.07 Å². The van der Waals surface area contributed by atoms with Gasteiger partial charge in [0.15, 0.2) is 0 Å². The van der Waals surface area contributed by atoms with Crippen LogP contribution in [0.2, 0.25) is 0 Å². The standard InChI is InChI=1S/C14H21NO/c15-14(9-4-5-10-14)12-16-11-8-13-6-2-1-3-7-13/h1-3,6-7H,4-5,8-12,15H2. The summed E-state index contributed by atoms with van der Waals surface area (Å²) in [7, 11) is 0. The normalized spacial score (nSPS) is 18.8. The first-order valence-electron chi connectivity index (χ1n) is 6.19. The second kappa shape index (κ2) is 5.46. The van der Waals surface area contributed by atoms with Crippen molar-refractivity contribution < 1.29 is 4.74 Å². The van der Waals surface area contributed by atoms with E-state index in [9.17, 15) is 0 Å². The van der Waals surface area contributed by atoms with Crippen molar-refractivity contribution in [2.75, 3.05) is 13.2 Å². The van der Waals surface area contributed by atoms with E-state index in [1.165, 1.54) is 18.4 Å². The van der Waals surface area contributed by atoms with Crippen molar-refractivity contribution in [3.05, 3.63) is 35.9 Å². The zero-order chi connectivity index (χ0) is 11.3. The summed E-state index contributed by atoms with van der Waals surface area (Å²) >= 11 is 0. The highest BCUT2D eigenvalue weighted by Gasteiger charge is 2.29. The van der Waals surface area contributed by atoms with Crippen molar-refractivity contribution in [1.29, 1.82) is 0 Å². The Morgan fingerprint density at radius 3 is 2.50 bits per heavy atom. The van der Waals surface area contributed by atoms with E-state index in [2.05, 4.69) is 24.3 Å². The molecule has 2 nitrogen and oxygen atoms in total. The smallest absolute Gasteiger partial charge is 0.0646 e. The predicted molar refractivity (Wildman–Crippen MR) is 66.4 cm³/mol. The van der Waals surface area contributed by atoms with Crippen LogP contribution in [0.25, 0.3) is 0 Å². The van der Waals surface area contributed by atoms with E-state index in [0.717, 1.165) is 32.5 Å². The van der Waals surface area contributed by atoms with Crippen LogP contribution in [0.3, 0.4) is 0 Å². The summed E-state index contributed by atoms with van der Waals surface area (Å²) in [6.45, 7) is 1.50. The molecule has 2 N–H and O–H groups in total. The van der Waals surface area contributed by atoms with Gasteiger partial charge in [0.1, 0.15) is 0 Å². The van der Waals surface area contributed by atoms with Crippen molar-refractivity contribution in [3.8, 4) is 0 Å². The fourth-order valence-corrected chi connectivity index (χ4v) is 2.33. The molecule has 0 amide bonds. The lowest BCUT2D eigenvalue weighted by atomic mass is 10.0. The number of hydrogen-bond acceptors (Lipinski definition) is 2. The van der Waals surface area contributed by atoms with E-state index in [-0.39, 0.29) is 5.54 Å². The van der Waals surface area contributed by atoms with Crippen LogP contribution in [0.15, 0.2) is 30.3 Å². The Balaban J connectivity index is 1.65. The fourth-order valence-electron chi connectivity index (χ4n) is 2.33. The molecule has 1 fully saturated rings. The average molecular weight is 219 g/mol. The van der Waals surface area contributed by atoms with Crippen molar-refractivity contribution in [3.63, 3.8) is 0 Å². The largest absolute Gasteiger partial charge is 0.379 e. The van der Waals surface area contributed by atoms with Crippen LogP contribution in [0, 0.1) is 0 Å². The van der Waals surface area contributed by atoms with Crippen LogP contribution >= 0.6 is 0 Å². The molecular formula is C14H21NO. The fraction of sp³-hybridized carbons (Fsp3) is 0.571. The molecule has 1 aromatic rings. The monoisotopic (exact) mass is 219 g/mol. The quantitative estimate of drug-likeness (QED) is 0.772. The molecule has 16 heavy (non-hydrogen) atoms. The Labute approximate surface area is 97.8 Å². The Kier molecular flexibility index (Phi) is 3.97. The summed E-state index contributed by atoms with van der Waals surface area (Å²) in [6, 6.07) is 10.4. The van der Waals surface area contributed by atoms with E-state index in [1.54, 1.807) is 0 Å². The van der Waals surface area contributed by atoms with Crippen LogP contribution < -0.4 is 5.73 Å². The van der Waals surface area contributed by atoms with Gasteiger partial charge in [-0.25, -0.2) is 0 Å². The summed E-state index contributed by atoms with van der Waals surface area (Å²) in [5, 5.41) is 0. The third-order valence-electron chi connectivity index (χ3n) is 3.37. The first-order valence-corrected chi connectivity index (χ1v) is 6.19. The minimum atomic E-state index is -0.0311. The molecule has 1 aliphatic carbocycles. The van der Waals surface area contributed by atoms with Gasteiger partial charge in [0.2, 0.25) is 0 Å². The van der Waals surface area contributed by atoms with Gasteiger partial charge in [-0.2, -0.15) is 0 Å². The SMILES string of the molecule is NC1(COCCc2ccccc2)CCCC1. The molecule has 0 unspecified atom stereocenters. The van der Waals surface area contributed by atoms with E-state index < -0.39 is 0 Å². The maximum absolute atomic E-state index is 6.21. The van der Waals surface area contributed by atoms with Gasteiger partial charge in [-0.15, -0.1) is 0 Å². The number of ether oxygens (including phenoxy) is 1. The van der Waals surface area contributed by atoms with Gasteiger partial charge in [-0.1, -0.05) is 43.2 Å². The van der Waals surface area contributed by atoms with Gasteiger partial charge in [-0.05, 0) is 24.8 Å². The Hall–Kier alpha value is -0.860. The molecule has 0 spiro atoms. The van der Waals surface area contributed by atoms with Gasteiger partial charge in [0, 0.05) is 5.54 Å². The molecular weight excluding hydrogens is 198 g/mol. The zero-order valence-corrected chi connectivity index (χ0v) is 9.82. The second-order valence-electron chi connectivity index (χ2n) is 4.86. The molecule has 0 aromatic heterocycles. The number of benzene rings is 1. The molecule has 0 heterocycles. The lowest BCUT2D eigenvalue weighted by Crippen LogP contribution is -2.41. The number of hydrogen-bond donors (Lipinski definition) is 1. The van der Waals surface area contributed by atoms with Crippen LogP contribution in [0.5, 0.6) is 0 Å².